The monoisotopic (exact) mass is 331 g/mol. The molecule has 0 aromatic heterocycles. The van der Waals surface area contributed by atoms with E-state index in [0.29, 0.717) is 6.54 Å². The van der Waals surface area contributed by atoms with Gasteiger partial charge in [0.25, 0.3) is 0 Å². The van der Waals surface area contributed by atoms with E-state index < -0.39 is 5.60 Å². The first-order chi connectivity index (χ1) is 9.66. The van der Waals surface area contributed by atoms with Gasteiger partial charge < -0.3 is 5.11 Å². The van der Waals surface area contributed by atoms with Gasteiger partial charge in [-0.15, -0.1) is 0 Å². The van der Waals surface area contributed by atoms with Crippen molar-refractivity contribution in [1.29, 1.82) is 0 Å². The van der Waals surface area contributed by atoms with Gasteiger partial charge in [-0.05, 0) is 29.7 Å². The lowest BCUT2D eigenvalue weighted by molar-refractivity contribution is 0.0453. The van der Waals surface area contributed by atoms with E-state index >= 15 is 0 Å². The molecule has 1 aliphatic rings. The molecule has 104 valence electrons. The molecule has 2 aromatic rings. The van der Waals surface area contributed by atoms with Crippen LogP contribution in [0.2, 0.25) is 0 Å². The fourth-order valence-electron chi connectivity index (χ4n) is 2.84. The predicted molar refractivity (Wildman–Crippen MR) is 84.4 cm³/mol. The molecule has 0 bridgehead atoms. The third-order valence-corrected chi connectivity index (χ3v) is 4.49. The number of nitrogens with zero attached hydrogens (tertiary/aromatic N) is 1. The van der Waals surface area contributed by atoms with Gasteiger partial charge >= 0.3 is 0 Å². The van der Waals surface area contributed by atoms with Crippen molar-refractivity contribution in [2.75, 3.05) is 13.1 Å². The number of hydrogen-bond donors (Lipinski definition) is 1. The summed E-state index contributed by atoms with van der Waals surface area (Å²) in [4.78, 5) is 2.32. The summed E-state index contributed by atoms with van der Waals surface area (Å²) in [6, 6.07) is 18.4. The molecule has 1 atom stereocenters. The average molecular weight is 332 g/mol. The highest BCUT2D eigenvalue weighted by atomic mass is 79.9. The zero-order valence-electron chi connectivity index (χ0n) is 11.3. The Morgan fingerprint density at radius 3 is 2.45 bits per heavy atom. The minimum absolute atomic E-state index is 0.698. The fraction of sp³-hybridized carbons (Fsp3) is 0.294. The lowest BCUT2D eigenvalue weighted by atomic mass is 9.93. The van der Waals surface area contributed by atoms with Crippen molar-refractivity contribution in [2.45, 2.75) is 18.6 Å². The third-order valence-electron chi connectivity index (χ3n) is 3.96. The molecule has 1 aliphatic heterocycles. The smallest absolute Gasteiger partial charge is 0.103 e. The van der Waals surface area contributed by atoms with Crippen molar-refractivity contribution >= 4 is 15.9 Å². The van der Waals surface area contributed by atoms with Crippen molar-refractivity contribution in [2.24, 2.45) is 0 Å². The molecule has 3 heteroatoms. The molecule has 20 heavy (non-hydrogen) atoms. The van der Waals surface area contributed by atoms with Gasteiger partial charge in [-0.2, -0.15) is 0 Å². The average Bonchev–Trinajstić information content (AvgIpc) is 2.83. The first kappa shape index (κ1) is 13.8. The second-order valence-electron chi connectivity index (χ2n) is 5.48. The molecule has 1 fully saturated rings. The maximum Gasteiger partial charge on any atom is 0.103 e. The van der Waals surface area contributed by atoms with Gasteiger partial charge in [-0.25, -0.2) is 0 Å². The molecule has 1 N–H and O–H groups in total. The van der Waals surface area contributed by atoms with Crippen LogP contribution in [0.3, 0.4) is 0 Å². The molecule has 2 aromatic carbocycles. The van der Waals surface area contributed by atoms with E-state index in [-0.39, 0.29) is 0 Å². The Bertz CT molecular complexity index is 569. The number of hydrogen-bond acceptors (Lipinski definition) is 2. The molecule has 0 aliphatic carbocycles. The van der Waals surface area contributed by atoms with Gasteiger partial charge in [0.15, 0.2) is 0 Å². The molecular weight excluding hydrogens is 314 g/mol. The molecule has 1 saturated heterocycles. The molecule has 0 spiro atoms. The summed E-state index contributed by atoms with van der Waals surface area (Å²) in [6.07, 6.45) is 0.793. The molecule has 1 unspecified atom stereocenters. The SMILES string of the molecule is OC1(c2ccc(Br)cc2)CCN(Cc2ccccc2)C1. The number of benzene rings is 2. The van der Waals surface area contributed by atoms with Crippen molar-refractivity contribution in [1.82, 2.24) is 4.90 Å². The van der Waals surface area contributed by atoms with E-state index in [2.05, 4.69) is 45.1 Å². The molecular formula is C17H18BrNO. The standard InChI is InChI=1S/C17H18BrNO/c18-16-8-6-15(7-9-16)17(20)10-11-19(13-17)12-14-4-2-1-3-5-14/h1-9,20H,10-13H2. The normalized spacial score (nSPS) is 23.1. The Morgan fingerprint density at radius 1 is 1.05 bits per heavy atom. The quantitative estimate of drug-likeness (QED) is 0.929. The number of aliphatic hydroxyl groups is 1. The zero-order chi connectivity index (χ0) is 14.0. The van der Waals surface area contributed by atoms with Gasteiger partial charge in [-0.1, -0.05) is 58.4 Å². The maximum absolute atomic E-state index is 10.8. The minimum Gasteiger partial charge on any atom is -0.384 e. The predicted octanol–water partition coefficient (Wildman–Crippen LogP) is 3.54. The van der Waals surface area contributed by atoms with Crippen LogP contribution in [0.5, 0.6) is 0 Å². The number of rotatable bonds is 3. The Balaban J connectivity index is 1.71. The van der Waals surface area contributed by atoms with Crippen LogP contribution < -0.4 is 0 Å². The lowest BCUT2D eigenvalue weighted by Crippen LogP contribution is -2.30. The zero-order valence-corrected chi connectivity index (χ0v) is 12.9. The molecule has 3 rings (SSSR count). The maximum atomic E-state index is 10.8. The van der Waals surface area contributed by atoms with E-state index in [1.54, 1.807) is 0 Å². The first-order valence-electron chi connectivity index (χ1n) is 6.90. The van der Waals surface area contributed by atoms with Crippen LogP contribution in [-0.2, 0) is 12.1 Å². The van der Waals surface area contributed by atoms with Gasteiger partial charge in [0.05, 0.1) is 0 Å². The molecule has 0 amide bonds. The van der Waals surface area contributed by atoms with Crippen LogP contribution in [0.25, 0.3) is 0 Å². The summed E-state index contributed by atoms with van der Waals surface area (Å²) in [5.41, 5.74) is 1.60. The van der Waals surface area contributed by atoms with Crippen molar-refractivity contribution in [3.8, 4) is 0 Å². The van der Waals surface area contributed by atoms with Crippen LogP contribution in [-0.4, -0.2) is 23.1 Å². The number of likely N-dealkylation sites (tertiary alicyclic amines) is 1. The van der Waals surface area contributed by atoms with Crippen molar-refractivity contribution in [3.05, 3.63) is 70.2 Å². The largest absolute Gasteiger partial charge is 0.384 e. The Morgan fingerprint density at radius 2 is 1.75 bits per heavy atom. The van der Waals surface area contributed by atoms with Gasteiger partial charge in [0.1, 0.15) is 5.60 Å². The minimum atomic E-state index is -0.713. The second kappa shape index (κ2) is 5.68. The van der Waals surface area contributed by atoms with Crippen LogP contribution in [0.15, 0.2) is 59.1 Å². The summed E-state index contributed by atoms with van der Waals surface area (Å²) in [7, 11) is 0. The molecule has 0 radical (unpaired) electrons. The lowest BCUT2D eigenvalue weighted by Gasteiger charge is -2.24. The summed E-state index contributed by atoms with van der Waals surface area (Å²) < 4.78 is 1.05. The third kappa shape index (κ3) is 2.95. The summed E-state index contributed by atoms with van der Waals surface area (Å²) in [6.45, 7) is 2.53. The topological polar surface area (TPSA) is 23.5 Å². The van der Waals surface area contributed by atoms with E-state index in [1.807, 2.05) is 30.3 Å². The first-order valence-corrected chi connectivity index (χ1v) is 7.70. The van der Waals surface area contributed by atoms with Gasteiger partial charge in [0.2, 0.25) is 0 Å². The molecule has 2 nitrogen and oxygen atoms in total. The highest BCUT2D eigenvalue weighted by Gasteiger charge is 2.37. The van der Waals surface area contributed by atoms with Gasteiger partial charge in [-0.3, -0.25) is 4.90 Å². The fourth-order valence-corrected chi connectivity index (χ4v) is 3.11. The van der Waals surface area contributed by atoms with Crippen LogP contribution >= 0.6 is 15.9 Å². The van der Waals surface area contributed by atoms with Crippen molar-refractivity contribution < 1.29 is 5.11 Å². The van der Waals surface area contributed by atoms with Crippen LogP contribution in [0, 0.1) is 0 Å². The molecule has 1 heterocycles. The number of β-amino-alcohol motifs (C(OH)–C–C–N with tert-alkyl or cyclic N) is 1. The highest BCUT2D eigenvalue weighted by Crippen LogP contribution is 2.33. The van der Waals surface area contributed by atoms with E-state index in [4.69, 9.17) is 0 Å². The van der Waals surface area contributed by atoms with E-state index in [1.165, 1.54) is 5.56 Å². The number of halogens is 1. The summed E-state index contributed by atoms with van der Waals surface area (Å²) in [5.74, 6) is 0. The highest BCUT2D eigenvalue weighted by molar-refractivity contribution is 9.10. The van der Waals surface area contributed by atoms with Gasteiger partial charge in [0, 0.05) is 24.1 Å². The summed E-state index contributed by atoms with van der Waals surface area (Å²) >= 11 is 3.44. The van der Waals surface area contributed by atoms with Crippen LogP contribution in [0.4, 0.5) is 0 Å². The Hall–Kier alpha value is -1.16. The Kier molecular flexibility index (Phi) is 3.92. The Labute approximate surface area is 128 Å². The van der Waals surface area contributed by atoms with E-state index in [0.717, 1.165) is 29.5 Å². The second-order valence-corrected chi connectivity index (χ2v) is 6.40. The molecule has 0 saturated carbocycles. The van der Waals surface area contributed by atoms with E-state index in [9.17, 15) is 5.11 Å². The van der Waals surface area contributed by atoms with Crippen molar-refractivity contribution in [3.63, 3.8) is 0 Å². The van der Waals surface area contributed by atoms with Crippen LogP contribution in [0.1, 0.15) is 17.5 Å². The summed E-state index contributed by atoms with van der Waals surface area (Å²) in [5, 5.41) is 10.8.